The Bertz CT molecular complexity index is 790. The number of thioether (sulfide) groups is 1. The van der Waals surface area contributed by atoms with Crippen LogP contribution >= 0.6 is 11.8 Å². The van der Waals surface area contributed by atoms with Crippen molar-refractivity contribution in [2.24, 2.45) is 0 Å². The van der Waals surface area contributed by atoms with Crippen molar-refractivity contribution in [2.75, 3.05) is 16.8 Å². The predicted octanol–water partition coefficient (Wildman–Crippen LogP) is 3.08. The number of nitrogens with zero attached hydrogens (tertiary/aromatic N) is 1. The fraction of sp³-hybridized carbons (Fsp3) is 0.222. The van der Waals surface area contributed by atoms with Crippen LogP contribution in [0, 0.1) is 0 Å². The standard InChI is InChI=1S/C18H16N2O2S/c21-17(20-10-9-12-5-1-3-7-14(12)20)11-16-18(22)19-13-6-2-4-8-15(13)23-16/h1-8,16H,9-11H2,(H,19,22). The average molecular weight is 324 g/mol. The molecule has 0 saturated heterocycles. The van der Waals surface area contributed by atoms with E-state index in [2.05, 4.69) is 11.4 Å². The van der Waals surface area contributed by atoms with E-state index in [1.54, 1.807) is 0 Å². The Morgan fingerprint density at radius 3 is 2.87 bits per heavy atom. The van der Waals surface area contributed by atoms with Crippen molar-refractivity contribution in [2.45, 2.75) is 23.0 Å². The maximum atomic E-state index is 12.7. The Balaban J connectivity index is 1.51. The molecule has 0 spiro atoms. The van der Waals surface area contributed by atoms with Gasteiger partial charge in [0, 0.05) is 23.5 Å². The Morgan fingerprint density at radius 2 is 1.96 bits per heavy atom. The molecule has 4 nitrogen and oxygen atoms in total. The molecule has 2 aromatic carbocycles. The summed E-state index contributed by atoms with van der Waals surface area (Å²) in [5.74, 6) is -0.0727. The minimum absolute atomic E-state index is 0.0157. The molecule has 1 N–H and O–H groups in total. The Morgan fingerprint density at radius 1 is 1.17 bits per heavy atom. The van der Waals surface area contributed by atoms with Gasteiger partial charge in [-0.25, -0.2) is 0 Å². The Labute approximate surface area is 138 Å². The van der Waals surface area contributed by atoms with Crippen molar-refractivity contribution in [1.29, 1.82) is 0 Å². The fourth-order valence-electron chi connectivity index (χ4n) is 3.09. The van der Waals surface area contributed by atoms with Gasteiger partial charge < -0.3 is 10.2 Å². The van der Waals surface area contributed by atoms with Gasteiger partial charge in [-0.2, -0.15) is 0 Å². The van der Waals surface area contributed by atoms with Gasteiger partial charge in [-0.3, -0.25) is 9.59 Å². The summed E-state index contributed by atoms with van der Waals surface area (Å²) < 4.78 is 0. The van der Waals surface area contributed by atoms with E-state index in [9.17, 15) is 9.59 Å². The molecule has 2 aromatic rings. The number of carbonyl (C=O) groups is 2. The molecular formula is C18H16N2O2S. The van der Waals surface area contributed by atoms with Crippen LogP contribution in [0.5, 0.6) is 0 Å². The largest absolute Gasteiger partial charge is 0.324 e. The zero-order chi connectivity index (χ0) is 15.8. The molecule has 0 saturated carbocycles. The fourth-order valence-corrected chi connectivity index (χ4v) is 4.19. The molecule has 116 valence electrons. The lowest BCUT2D eigenvalue weighted by Crippen LogP contribution is -2.36. The highest BCUT2D eigenvalue weighted by atomic mass is 32.2. The van der Waals surface area contributed by atoms with Crippen LogP contribution in [0.3, 0.4) is 0 Å². The number of rotatable bonds is 2. The molecule has 0 bridgehead atoms. The Hall–Kier alpha value is -2.27. The van der Waals surface area contributed by atoms with E-state index in [1.807, 2.05) is 47.4 Å². The molecule has 1 atom stereocenters. The monoisotopic (exact) mass is 324 g/mol. The van der Waals surface area contributed by atoms with Gasteiger partial charge in [0.15, 0.2) is 0 Å². The van der Waals surface area contributed by atoms with Gasteiger partial charge in [0.05, 0.1) is 10.9 Å². The zero-order valence-corrected chi connectivity index (χ0v) is 13.3. The summed E-state index contributed by atoms with van der Waals surface area (Å²) in [6, 6.07) is 15.7. The number of fused-ring (bicyclic) bond motifs is 2. The first-order valence-electron chi connectivity index (χ1n) is 7.67. The van der Waals surface area contributed by atoms with Crippen LogP contribution in [-0.2, 0) is 16.0 Å². The maximum absolute atomic E-state index is 12.7. The highest BCUT2D eigenvalue weighted by Crippen LogP contribution is 2.37. The van der Waals surface area contributed by atoms with Crippen LogP contribution in [0.25, 0.3) is 0 Å². The first-order chi connectivity index (χ1) is 11.2. The van der Waals surface area contributed by atoms with Crippen LogP contribution in [0.15, 0.2) is 53.4 Å². The first kappa shape index (κ1) is 14.3. The highest BCUT2D eigenvalue weighted by molar-refractivity contribution is 8.01. The topological polar surface area (TPSA) is 49.4 Å². The molecule has 2 aliphatic heterocycles. The molecular weight excluding hydrogens is 308 g/mol. The lowest BCUT2D eigenvalue weighted by molar-refractivity contribution is -0.122. The smallest absolute Gasteiger partial charge is 0.238 e. The van der Waals surface area contributed by atoms with Gasteiger partial charge in [-0.1, -0.05) is 30.3 Å². The van der Waals surface area contributed by atoms with Crippen LogP contribution in [0.2, 0.25) is 0 Å². The summed E-state index contributed by atoms with van der Waals surface area (Å²) in [4.78, 5) is 27.7. The number of anilines is 2. The molecule has 0 aromatic heterocycles. The number of benzene rings is 2. The number of amides is 2. The Kier molecular flexibility index (Phi) is 3.58. The van der Waals surface area contributed by atoms with Crippen LogP contribution in [0.4, 0.5) is 11.4 Å². The summed E-state index contributed by atoms with van der Waals surface area (Å²) >= 11 is 1.47. The van der Waals surface area contributed by atoms with Gasteiger partial charge >= 0.3 is 0 Å². The van der Waals surface area contributed by atoms with Gasteiger partial charge in [0.1, 0.15) is 0 Å². The number of hydrogen-bond donors (Lipinski definition) is 1. The van der Waals surface area contributed by atoms with E-state index in [0.29, 0.717) is 6.54 Å². The molecule has 1 unspecified atom stereocenters. The van der Waals surface area contributed by atoms with Crippen molar-refractivity contribution < 1.29 is 9.59 Å². The molecule has 2 aliphatic rings. The first-order valence-corrected chi connectivity index (χ1v) is 8.55. The number of para-hydroxylation sites is 2. The summed E-state index contributed by atoms with van der Waals surface area (Å²) in [5.41, 5.74) is 3.02. The normalized spacial score (nSPS) is 19.0. The molecule has 4 rings (SSSR count). The van der Waals surface area contributed by atoms with E-state index < -0.39 is 0 Å². The number of carbonyl (C=O) groups excluding carboxylic acids is 2. The average Bonchev–Trinajstić information content (AvgIpc) is 2.99. The minimum Gasteiger partial charge on any atom is -0.324 e. The third-order valence-corrected chi connectivity index (χ3v) is 5.53. The van der Waals surface area contributed by atoms with E-state index in [4.69, 9.17) is 0 Å². The predicted molar refractivity (Wildman–Crippen MR) is 91.8 cm³/mol. The molecule has 0 aliphatic carbocycles. The van der Waals surface area contributed by atoms with E-state index in [1.165, 1.54) is 17.3 Å². The van der Waals surface area contributed by atoms with Crippen LogP contribution in [0.1, 0.15) is 12.0 Å². The van der Waals surface area contributed by atoms with Gasteiger partial charge in [0.25, 0.3) is 0 Å². The lowest BCUT2D eigenvalue weighted by Gasteiger charge is -2.25. The van der Waals surface area contributed by atoms with Gasteiger partial charge in [-0.05, 0) is 30.2 Å². The van der Waals surface area contributed by atoms with E-state index in [0.717, 1.165) is 22.7 Å². The van der Waals surface area contributed by atoms with Gasteiger partial charge in [-0.15, -0.1) is 11.8 Å². The van der Waals surface area contributed by atoms with E-state index in [-0.39, 0.29) is 23.5 Å². The van der Waals surface area contributed by atoms with Crippen molar-refractivity contribution >= 4 is 35.0 Å². The summed E-state index contributed by atoms with van der Waals surface area (Å²) in [7, 11) is 0. The van der Waals surface area contributed by atoms with E-state index >= 15 is 0 Å². The SMILES string of the molecule is O=C1Nc2ccccc2SC1CC(=O)N1CCc2ccccc21. The molecule has 0 fully saturated rings. The van der Waals surface area contributed by atoms with Crippen molar-refractivity contribution in [3.05, 3.63) is 54.1 Å². The summed E-state index contributed by atoms with van der Waals surface area (Å²) in [5, 5.41) is 2.52. The van der Waals surface area contributed by atoms with Gasteiger partial charge in [0.2, 0.25) is 11.8 Å². The third-order valence-electron chi connectivity index (χ3n) is 4.25. The lowest BCUT2D eigenvalue weighted by atomic mass is 10.2. The summed E-state index contributed by atoms with van der Waals surface area (Å²) in [6.07, 6.45) is 1.11. The molecule has 5 heteroatoms. The minimum atomic E-state index is -0.370. The summed E-state index contributed by atoms with van der Waals surface area (Å²) in [6.45, 7) is 0.702. The van der Waals surface area contributed by atoms with Crippen molar-refractivity contribution in [3.63, 3.8) is 0 Å². The molecule has 23 heavy (non-hydrogen) atoms. The second-order valence-electron chi connectivity index (χ2n) is 5.72. The quantitative estimate of drug-likeness (QED) is 0.923. The van der Waals surface area contributed by atoms with Crippen LogP contribution in [-0.4, -0.2) is 23.6 Å². The third kappa shape index (κ3) is 2.61. The molecule has 2 amide bonds. The highest BCUT2D eigenvalue weighted by Gasteiger charge is 2.32. The molecule has 2 heterocycles. The molecule has 0 radical (unpaired) electrons. The number of nitrogens with one attached hydrogen (secondary N) is 1. The second-order valence-corrected chi connectivity index (χ2v) is 6.96. The van der Waals surface area contributed by atoms with Crippen LogP contribution < -0.4 is 10.2 Å². The number of hydrogen-bond acceptors (Lipinski definition) is 3. The van der Waals surface area contributed by atoms with Crippen molar-refractivity contribution in [1.82, 2.24) is 0 Å². The second kappa shape index (κ2) is 5.74. The maximum Gasteiger partial charge on any atom is 0.238 e. The van der Waals surface area contributed by atoms with Crippen molar-refractivity contribution in [3.8, 4) is 0 Å². The zero-order valence-electron chi connectivity index (χ0n) is 12.5.